The van der Waals surface area contributed by atoms with Crippen molar-refractivity contribution < 1.29 is 4.79 Å². The van der Waals surface area contributed by atoms with Crippen LogP contribution in [0, 0.1) is 0 Å². The lowest BCUT2D eigenvalue weighted by Gasteiger charge is -2.10. The molecule has 0 fully saturated rings. The molecule has 126 valence electrons. The highest BCUT2D eigenvalue weighted by Gasteiger charge is 2.14. The third kappa shape index (κ3) is 3.24. The van der Waals surface area contributed by atoms with Crippen LogP contribution in [0.5, 0.6) is 0 Å². The molecular formula is C19H19N5O. The summed E-state index contributed by atoms with van der Waals surface area (Å²) in [7, 11) is 0. The van der Waals surface area contributed by atoms with E-state index in [0.29, 0.717) is 12.8 Å². The zero-order chi connectivity index (χ0) is 17.2. The number of H-pyrrole nitrogens is 2. The van der Waals surface area contributed by atoms with E-state index < -0.39 is 0 Å². The second-order valence-electron chi connectivity index (χ2n) is 6.13. The quantitative estimate of drug-likeness (QED) is 0.524. The number of carbonyl (C=O) groups is 1. The minimum absolute atomic E-state index is 0.0200. The van der Waals surface area contributed by atoms with E-state index in [2.05, 4.69) is 25.3 Å². The summed E-state index contributed by atoms with van der Waals surface area (Å²) in [5.74, 6) is 1.57. The van der Waals surface area contributed by atoms with E-state index >= 15 is 0 Å². The molecule has 0 unspecified atom stereocenters. The predicted molar refractivity (Wildman–Crippen MR) is 97.1 cm³/mol. The Balaban J connectivity index is 1.37. The molecule has 1 atom stereocenters. The molecule has 4 aromatic rings. The normalized spacial score (nSPS) is 12.5. The molecule has 2 aromatic carbocycles. The summed E-state index contributed by atoms with van der Waals surface area (Å²) in [5, 5.41) is 2.99. The maximum absolute atomic E-state index is 12.2. The van der Waals surface area contributed by atoms with E-state index in [-0.39, 0.29) is 11.9 Å². The number of aromatic amines is 2. The van der Waals surface area contributed by atoms with Crippen LogP contribution in [0.1, 0.15) is 31.0 Å². The van der Waals surface area contributed by atoms with Crippen molar-refractivity contribution in [3.05, 3.63) is 60.2 Å². The van der Waals surface area contributed by atoms with Crippen LogP contribution in [0.2, 0.25) is 0 Å². The zero-order valence-electron chi connectivity index (χ0n) is 13.9. The lowest BCUT2D eigenvalue weighted by molar-refractivity contribution is -0.121. The molecule has 6 nitrogen and oxygen atoms in total. The fourth-order valence-electron chi connectivity index (χ4n) is 2.92. The highest BCUT2D eigenvalue weighted by atomic mass is 16.1. The molecule has 25 heavy (non-hydrogen) atoms. The first-order valence-corrected chi connectivity index (χ1v) is 8.37. The fourth-order valence-corrected chi connectivity index (χ4v) is 2.92. The van der Waals surface area contributed by atoms with E-state index in [1.54, 1.807) is 0 Å². The maximum atomic E-state index is 12.2. The molecule has 0 radical (unpaired) electrons. The van der Waals surface area contributed by atoms with Gasteiger partial charge in [0.05, 0.1) is 28.1 Å². The van der Waals surface area contributed by atoms with Crippen molar-refractivity contribution in [2.45, 2.75) is 25.8 Å². The average Bonchev–Trinajstić information content (AvgIpc) is 3.23. The Labute approximate surface area is 144 Å². The third-order valence-electron chi connectivity index (χ3n) is 4.22. The summed E-state index contributed by atoms with van der Waals surface area (Å²) in [6.45, 7) is 1.93. The Morgan fingerprint density at radius 1 is 1.00 bits per heavy atom. The molecule has 2 aromatic heterocycles. The summed E-state index contributed by atoms with van der Waals surface area (Å²) in [4.78, 5) is 27.7. The van der Waals surface area contributed by atoms with Crippen LogP contribution >= 0.6 is 0 Å². The number of hydrogen-bond acceptors (Lipinski definition) is 3. The Morgan fingerprint density at radius 2 is 1.64 bits per heavy atom. The van der Waals surface area contributed by atoms with Crippen LogP contribution in [-0.2, 0) is 11.2 Å². The zero-order valence-corrected chi connectivity index (χ0v) is 13.9. The molecule has 6 heteroatoms. The number of aryl methyl sites for hydroxylation is 1. The van der Waals surface area contributed by atoms with Gasteiger partial charge in [-0.2, -0.15) is 0 Å². The number of amides is 1. The number of hydrogen-bond donors (Lipinski definition) is 3. The molecule has 0 aliphatic carbocycles. The van der Waals surface area contributed by atoms with Gasteiger partial charge in [-0.3, -0.25) is 4.79 Å². The highest BCUT2D eigenvalue weighted by molar-refractivity contribution is 5.78. The third-order valence-corrected chi connectivity index (χ3v) is 4.22. The molecule has 0 bridgehead atoms. The molecule has 0 spiro atoms. The van der Waals surface area contributed by atoms with Crippen molar-refractivity contribution >= 4 is 28.0 Å². The fraction of sp³-hybridized carbons (Fsp3) is 0.211. The predicted octanol–water partition coefficient (Wildman–Crippen LogP) is 3.25. The van der Waals surface area contributed by atoms with Gasteiger partial charge in [0.25, 0.3) is 0 Å². The number of nitrogens with zero attached hydrogens (tertiary/aromatic N) is 2. The number of carbonyl (C=O) groups excluding carboxylic acids is 1. The van der Waals surface area contributed by atoms with Crippen LogP contribution < -0.4 is 5.32 Å². The van der Waals surface area contributed by atoms with Crippen molar-refractivity contribution in [3.8, 4) is 0 Å². The molecule has 0 saturated heterocycles. The molecular weight excluding hydrogens is 314 g/mol. The highest BCUT2D eigenvalue weighted by Crippen LogP contribution is 2.16. The van der Waals surface area contributed by atoms with E-state index in [0.717, 1.165) is 33.7 Å². The van der Waals surface area contributed by atoms with Gasteiger partial charge >= 0.3 is 0 Å². The first-order valence-electron chi connectivity index (χ1n) is 8.37. The number of rotatable bonds is 5. The first-order chi connectivity index (χ1) is 12.2. The van der Waals surface area contributed by atoms with Gasteiger partial charge in [-0.25, -0.2) is 9.97 Å². The van der Waals surface area contributed by atoms with Crippen LogP contribution in [0.4, 0.5) is 0 Å². The maximum Gasteiger partial charge on any atom is 0.221 e. The molecule has 1 amide bonds. The molecule has 2 heterocycles. The average molecular weight is 333 g/mol. The summed E-state index contributed by atoms with van der Waals surface area (Å²) >= 11 is 0. The Bertz CT molecular complexity index is 966. The Morgan fingerprint density at radius 3 is 2.32 bits per heavy atom. The first kappa shape index (κ1) is 15.4. The standard InChI is InChI=1S/C19H19N5O/c1-12(19-23-15-8-4-5-9-16(15)24-19)20-18(25)11-10-17-21-13-6-2-3-7-14(13)22-17/h2-9,12H,10-11H2,1H3,(H,20,25)(H,21,22)(H,23,24)/t12-/m0/s1. The van der Waals surface area contributed by atoms with Crippen LogP contribution in [0.15, 0.2) is 48.5 Å². The second kappa shape index (κ2) is 6.39. The van der Waals surface area contributed by atoms with Gasteiger partial charge in [0.15, 0.2) is 0 Å². The summed E-state index contributed by atoms with van der Waals surface area (Å²) in [6, 6.07) is 15.5. The van der Waals surface area contributed by atoms with Crippen molar-refractivity contribution in [2.75, 3.05) is 0 Å². The van der Waals surface area contributed by atoms with Gasteiger partial charge < -0.3 is 15.3 Å². The van der Waals surface area contributed by atoms with Crippen LogP contribution in [-0.4, -0.2) is 25.8 Å². The van der Waals surface area contributed by atoms with Gasteiger partial charge in [0, 0.05) is 12.8 Å². The van der Waals surface area contributed by atoms with Gasteiger partial charge in [0.1, 0.15) is 11.6 Å². The van der Waals surface area contributed by atoms with Crippen molar-refractivity contribution in [2.24, 2.45) is 0 Å². The summed E-state index contributed by atoms with van der Waals surface area (Å²) in [5.41, 5.74) is 3.80. The van der Waals surface area contributed by atoms with Gasteiger partial charge in [0.2, 0.25) is 5.91 Å². The minimum Gasteiger partial charge on any atom is -0.346 e. The van der Waals surface area contributed by atoms with E-state index in [1.807, 2.05) is 55.5 Å². The van der Waals surface area contributed by atoms with Crippen LogP contribution in [0.3, 0.4) is 0 Å². The molecule has 4 rings (SSSR count). The number of aromatic nitrogens is 4. The van der Waals surface area contributed by atoms with Gasteiger partial charge in [-0.1, -0.05) is 24.3 Å². The smallest absolute Gasteiger partial charge is 0.221 e. The Kier molecular flexibility index (Phi) is 3.93. The van der Waals surface area contributed by atoms with Crippen LogP contribution in [0.25, 0.3) is 22.1 Å². The molecule has 0 aliphatic rings. The summed E-state index contributed by atoms with van der Waals surface area (Å²) < 4.78 is 0. The van der Waals surface area contributed by atoms with Crippen molar-refractivity contribution in [1.29, 1.82) is 0 Å². The largest absolute Gasteiger partial charge is 0.346 e. The van der Waals surface area contributed by atoms with E-state index in [4.69, 9.17) is 0 Å². The van der Waals surface area contributed by atoms with Crippen molar-refractivity contribution in [1.82, 2.24) is 25.3 Å². The number of nitrogens with one attached hydrogen (secondary N) is 3. The van der Waals surface area contributed by atoms with Gasteiger partial charge in [-0.15, -0.1) is 0 Å². The second-order valence-corrected chi connectivity index (χ2v) is 6.13. The van der Waals surface area contributed by atoms with E-state index in [1.165, 1.54) is 0 Å². The van der Waals surface area contributed by atoms with Crippen molar-refractivity contribution in [3.63, 3.8) is 0 Å². The SMILES string of the molecule is C[C@H](NC(=O)CCc1nc2ccccc2[nH]1)c1nc2ccccc2[nH]1. The molecule has 3 N–H and O–H groups in total. The lowest BCUT2D eigenvalue weighted by atomic mass is 10.2. The minimum atomic E-state index is -0.171. The Hall–Kier alpha value is -3.15. The molecule has 0 saturated carbocycles. The van der Waals surface area contributed by atoms with E-state index in [9.17, 15) is 4.79 Å². The lowest BCUT2D eigenvalue weighted by Crippen LogP contribution is -2.27. The molecule has 0 aliphatic heterocycles. The number of imidazole rings is 2. The monoisotopic (exact) mass is 333 g/mol. The topological polar surface area (TPSA) is 86.5 Å². The number of fused-ring (bicyclic) bond motifs is 2. The number of para-hydroxylation sites is 4. The van der Waals surface area contributed by atoms with Gasteiger partial charge in [-0.05, 0) is 31.2 Å². The number of benzene rings is 2. The summed E-state index contributed by atoms with van der Waals surface area (Å²) in [6.07, 6.45) is 0.956.